The summed E-state index contributed by atoms with van der Waals surface area (Å²) in [6.07, 6.45) is 1.84. The molecule has 1 heterocycles. The number of methoxy groups -OCH3 is 1. The Bertz CT molecular complexity index is 376. The van der Waals surface area contributed by atoms with E-state index in [1.165, 1.54) is 13.2 Å². The largest absolute Gasteiger partial charge is 0.493 e. The van der Waals surface area contributed by atoms with E-state index in [0.29, 0.717) is 12.1 Å². The molecule has 1 aliphatic heterocycles. The van der Waals surface area contributed by atoms with Gasteiger partial charge in [0.15, 0.2) is 11.6 Å². The van der Waals surface area contributed by atoms with Crippen molar-refractivity contribution in [3.05, 3.63) is 29.3 Å². The molecule has 0 saturated carbocycles. The maximum atomic E-state index is 13.7. The predicted octanol–water partition coefficient (Wildman–Crippen LogP) is 2.44. The Labute approximate surface area is 93.6 Å². The Kier molecular flexibility index (Phi) is 3.39. The summed E-state index contributed by atoms with van der Waals surface area (Å²) in [5.74, 6) is -0.829. The van der Waals surface area contributed by atoms with Gasteiger partial charge in [-0.1, -0.05) is 0 Å². The fraction of sp³-hybridized carbons (Fsp3) is 0.500. The molecule has 1 N–H and O–H groups in total. The number of rotatable bonds is 2. The molecule has 1 saturated heterocycles. The third kappa shape index (κ3) is 2.02. The Balaban J connectivity index is 2.40. The minimum absolute atomic E-state index is 0.000556. The fourth-order valence-corrected chi connectivity index (χ4v) is 2.23. The van der Waals surface area contributed by atoms with Crippen LogP contribution in [0.25, 0.3) is 0 Å². The van der Waals surface area contributed by atoms with Gasteiger partial charge in [0.1, 0.15) is 5.82 Å². The third-order valence-corrected chi connectivity index (χ3v) is 3.00. The van der Waals surface area contributed by atoms with Crippen LogP contribution in [0.15, 0.2) is 12.1 Å². The first-order chi connectivity index (χ1) is 7.74. The second-order valence-electron chi connectivity index (χ2n) is 4.02. The summed E-state index contributed by atoms with van der Waals surface area (Å²) >= 11 is 0. The molecule has 0 aliphatic carbocycles. The van der Waals surface area contributed by atoms with Crippen LogP contribution in [0, 0.1) is 11.6 Å². The summed E-state index contributed by atoms with van der Waals surface area (Å²) in [5.41, 5.74) is 0.370. The molecule has 0 radical (unpaired) electrons. The molecular weight excluding hydrogens is 212 g/mol. The molecule has 0 aromatic heterocycles. The molecule has 2 nitrogen and oxygen atoms in total. The van der Waals surface area contributed by atoms with Gasteiger partial charge in [0.25, 0.3) is 0 Å². The third-order valence-electron chi connectivity index (χ3n) is 3.00. The van der Waals surface area contributed by atoms with E-state index in [4.69, 9.17) is 4.74 Å². The van der Waals surface area contributed by atoms with E-state index in [2.05, 4.69) is 5.32 Å². The molecule has 16 heavy (non-hydrogen) atoms. The zero-order valence-electron chi connectivity index (χ0n) is 9.22. The van der Waals surface area contributed by atoms with Crippen LogP contribution in [0.5, 0.6) is 5.75 Å². The van der Waals surface area contributed by atoms with E-state index in [1.807, 2.05) is 0 Å². The second kappa shape index (κ2) is 4.78. The average molecular weight is 227 g/mol. The number of piperidine rings is 1. The highest BCUT2D eigenvalue weighted by molar-refractivity contribution is 5.39. The normalized spacial score (nSPS) is 20.8. The van der Waals surface area contributed by atoms with Crippen molar-refractivity contribution in [3.63, 3.8) is 0 Å². The lowest BCUT2D eigenvalue weighted by Gasteiger charge is -2.25. The van der Waals surface area contributed by atoms with Gasteiger partial charge in [-0.3, -0.25) is 0 Å². The van der Waals surface area contributed by atoms with Crippen LogP contribution < -0.4 is 10.1 Å². The minimum atomic E-state index is -0.496. The summed E-state index contributed by atoms with van der Waals surface area (Å²) in [7, 11) is 1.37. The zero-order chi connectivity index (χ0) is 11.5. The van der Waals surface area contributed by atoms with E-state index in [9.17, 15) is 8.78 Å². The molecule has 0 bridgehead atoms. The average Bonchev–Trinajstić information content (AvgIpc) is 2.33. The molecule has 2 rings (SSSR count). The first-order valence-electron chi connectivity index (χ1n) is 5.46. The minimum Gasteiger partial charge on any atom is -0.493 e. The number of nitrogens with one attached hydrogen (secondary N) is 1. The standard InChI is InChI=1S/C12H15F2NO/c1-16-12-10(14)5-4-9(13)11(12)8-3-2-6-15-7-8/h4-5,8,15H,2-3,6-7H2,1H3. The van der Waals surface area contributed by atoms with E-state index in [-0.39, 0.29) is 17.5 Å². The van der Waals surface area contributed by atoms with Crippen molar-refractivity contribution in [3.8, 4) is 5.75 Å². The van der Waals surface area contributed by atoms with Crippen LogP contribution in [0.2, 0.25) is 0 Å². The number of hydrogen-bond donors (Lipinski definition) is 1. The van der Waals surface area contributed by atoms with Gasteiger partial charge in [-0.05, 0) is 31.5 Å². The van der Waals surface area contributed by atoms with Crippen molar-refractivity contribution < 1.29 is 13.5 Å². The van der Waals surface area contributed by atoms with Gasteiger partial charge in [0.05, 0.1) is 7.11 Å². The van der Waals surface area contributed by atoms with Gasteiger partial charge in [-0.15, -0.1) is 0 Å². The molecule has 88 valence electrons. The fourth-order valence-electron chi connectivity index (χ4n) is 2.23. The van der Waals surface area contributed by atoms with Crippen LogP contribution in [0.4, 0.5) is 8.78 Å². The Morgan fingerprint density at radius 3 is 2.69 bits per heavy atom. The molecular formula is C12H15F2NO. The molecule has 1 unspecified atom stereocenters. The number of benzene rings is 1. The molecule has 1 aromatic carbocycles. The summed E-state index contributed by atoms with van der Waals surface area (Å²) in [6.45, 7) is 1.62. The topological polar surface area (TPSA) is 21.3 Å². The monoisotopic (exact) mass is 227 g/mol. The molecule has 4 heteroatoms. The highest BCUT2D eigenvalue weighted by atomic mass is 19.1. The zero-order valence-corrected chi connectivity index (χ0v) is 9.22. The lowest BCUT2D eigenvalue weighted by atomic mass is 9.90. The molecule has 1 fully saturated rings. The van der Waals surface area contributed by atoms with Crippen molar-refractivity contribution in [1.82, 2.24) is 5.32 Å². The lowest BCUT2D eigenvalue weighted by Crippen LogP contribution is -2.29. The number of ether oxygens (including phenoxy) is 1. The van der Waals surface area contributed by atoms with Crippen molar-refractivity contribution in [2.45, 2.75) is 18.8 Å². The van der Waals surface area contributed by atoms with Gasteiger partial charge in [0, 0.05) is 18.0 Å². The smallest absolute Gasteiger partial charge is 0.165 e. The van der Waals surface area contributed by atoms with Crippen LogP contribution in [-0.2, 0) is 0 Å². The molecule has 1 atom stereocenters. The summed E-state index contributed by atoms with van der Waals surface area (Å²) in [5, 5.41) is 3.19. The Hall–Kier alpha value is -1.16. The van der Waals surface area contributed by atoms with Crippen LogP contribution in [0.1, 0.15) is 24.3 Å². The highest BCUT2D eigenvalue weighted by Gasteiger charge is 2.24. The van der Waals surface area contributed by atoms with Crippen molar-refractivity contribution in [2.24, 2.45) is 0 Å². The van der Waals surface area contributed by atoms with Gasteiger partial charge in [-0.25, -0.2) is 8.78 Å². The maximum Gasteiger partial charge on any atom is 0.165 e. The van der Waals surface area contributed by atoms with Gasteiger partial charge in [0.2, 0.25) is 0 Å². The summed E-state index contributed by atoms with van der Waals surface area (Å²) in [6, 6.07) is 2.27. The number of hydrogen-bond acceptors (Lipinski definition) is 2. The van der Waals surface area contributed by atoms with E-state index in [0.717, 1.165) is 25.5 Å². The number of halogens is 2. The summed E-state index contributed by atoms with van der Waals surface area (Å²) < 4.78 is 32.2. The SMILES string of the molecule is COc1c(F)ccc(F)c1C1CCCNC1. The predicted molar refractivity (Wildman–Crippen MR) is 57.8 cm³/mol. The molecule has 1 aliphatic rings. The summed E-state index contributed by atoms with van der Waals surface area (Å²) in [4.78, 5) is 0. The van der Waals surface area contributed by atoms with Crippen molar-refractivity contribution in [1.29, 1.82) is 0 Å². The van der Waals surface area contributed by atoms with E-state index >= 15 is 0 Å². The Morgan fingerprint density at radius 2 is 2.06 bits per heavy atom. The first-order valence-corrected chi connectivity index (χ1v) is 5.46. The maximum absolute atomic E-state index is 13.7. The Morgan fingerprint density at radius 1 is 1.31 bits per heavy atom. The van der Waals surface area contributed by atoms with Crippen molar-refractivity contribution in [2.75, 3.05) is 20.2 Å². The van der Waals surface area contributed by atoms with Crippen molar-refractivity contribution >= 4 is 0 Å². The lowest BCUT2D eigenvalue weighted by molar-refractivity contribution is 0.360. The highest BCUT2D eigenvalue weighted by Crippen LogP contribution is 2.34. The van der Waals surface area contributed by atoms with Gasteiger partial charge < -0.3 is 10.1 Å². The van der Waals surface area contributed by atoms with Gasteiger partial charge >= 0.3 is 0 Å². The van der Waals surface area contributed by atoms with Crippen LogP contribution in [0.3, 0.4) is 0 Å². The molecule has 0 amide bonds. The second-order valence-corrected chi connectivity index (χ2v) is 4.02. The molecule has 1 aromatic rings. The van der Waals surface area contributed by atoms with Crippen LogP contribution in [-0.4, -0.2) is 20.2 Å². The van der Waals surface area contributed by atoms with Gasteiger partial charge in [-0.2, -0.15) is 0 Å². The van der Waals surface area contributed by atoms with Crippen LogP contribution >= 0.6 is 0 Å². The van der Waals surface area contributed by atoms with E-state index < -0.39 is 5.82 Å². The van der Waals surface area contributed by atoms with E-state index in [1.54, 1.807) is 0 Å². The first kappa shape index (κ1) is 11.3. The molecule has 0 spiro atoms. The quantitative estimate of drug-likeness (QED) is 0.837.